The highest BCUT2D eigenvalue weighted by molar-refractivity contribution is 5.96. The van der Waals surface area contributed by atoms with Crippen LogP contribution in [0.15, 0.2) is 30.4 Å². The number of alkyl halides is 2. The average Bonchev–Trinajstić information content (AvgIpc) is 3.28. The molecule has 12 nitrogen and oxygen atoms in total. The van der Waals surface area contributed by atoms with E-state index in [0.29, 0.717) is 11.1 Å². The lowest BCUT2D eigenvalue weighted by Crippen LogP contribution is -2.56. The van der Waals surface area contributed by atoms with Crippen molar-refractivity contribution in [3.63, 3.8) is 0 Å². The van der Waals surface area contributed by atoms with Crippen molar-refractivity contribution in [2.75, 3.05) is 6.54 Å². The number of fused-ring (bicyclic) bond motifs is 3. The summed E-state index contributed by atoms with van der Waals surface area (Å²) >= 11 is 0. The molecule has 3 aliphatic heterocycles. The summed E-state index contributed by atoms with van der Waals surface area (Å²) < 4.78 is 55.1. The molecule has 15 heteroatoms. The predicted octanol–water partition coefficient (Wildman–Crippen LogP) is 3.87. The van der Waals surface area contributed by atoms with E-state index in [1.807, 2.05) is 0 Å². The summed E-state index contributed by atoms with van der Waals surface area (Å²) in [7, 11) is 0. The Labute approximate surface area is 269 Å². The molecule has 0 aromatic heterocycles. The number of carboxylic acid groups (broad SMARTS) is 1. The molecule has 5 atom stereocenters. The third kappa shape index (κ3) is 7.65. The van der Waals surface area contributed by atoms with E-state index < -0.39 is 96.2 Å². The number of nitrogens with zero attached hydrogens (tertiary/aromatic N) is 2. The Morgan fingerprint density at radius 1 is 1.13 bits per heavy atom. The van der Waals surface area contributed by atoms with E-state index in [9.17, 15) is 42.3 Å². The Kier molecular flexibility index (Phi) is 9.21. The van der Waals surface area contributed by atoms with Crippen LogP contribution < -0.4 is 10.6 Å². The van der Waals surface area contributed by atoms with Crippen LogP contribution in [0.4, 0.5) is 22.8 Å². The summed E-state index contributed by atoms with van der Waals surface area (Å²) in [6.07, 6.45) is -2.09. The minimum atomic E-state index is -3.23. The number of ether oxygens (including phenoxy) is 2. The van der Waals surface area contributed by atoms with Gasteiger partial charge in [-0.25, -0.2) is 27.6 Å². The molecule has 0 radical (unpaired) electrons. The van der Waals surface area contributed by atoms with Crippen LogP contribution in [0.1, 0.15) is 70.4 Å². The van der Waals surface area contributed by atoms with Crippen LogP contribution in [0.2, 0.25) is 0 Å². The van der Waals surface area contributed by atoms with Gasteiger partial charge in [-0.1, -0.05) is 24.3 Å². The molecule has 256 valence electrons. The van der Waals surface area contributed by atoms with Gasteiger partial charge in [0.05, 0.1) is 13.1 Å². The number of rotatable bonds is 3. The Bertz CT molecular complexity index is 1480. The fraction of sp³-hybridized carbons (Fsp3) is 0.594. The molecule has 4 aliphatic rings. The molecule has 1 saturated carbocycles. The lowest BCUT2D eigenvalue weighted by molar-refractivity contribution is -0.145. The lowest BCUT2D eigenvalue weighted by Gasteiger charge is -2.30. The fourth-order valence-corrected chi connectivity index (χ4v) is 6.31. The molecule has 47 heavy (non-hydrogen) atoms. The number of carbonyl (C=O) groups excluding carboxylic acids is 4. The second-order valence-electron chi connectivity index (χ2n) is 13.6. The Balaban J connectivity index is 1.40. The van der Waals surface area contributed by atoms with Gasteiger partial charge in [-0.05, 0) is 51.7 Å². The highest BCUT2D eigenvalue weighted by atomic mass is 19.3. The Hall–Kier alpha value is -4.30. The smallest absolute Gasteiger partial charge is 0.410 e. The number of hydrogen-bond donors (Lipinski definition) is 3. The van der Waals surface area contributed by atoms with Crippen molar-refractivity contribution in [3.8, 4) is 0 Å². The minimum Gasteiger partial charge on any atom is -0.479 e. The number of halogens is 3. The average molecular weight is 665 g/mol. The molecule has 4 amide bonds. The van der Waals surface area contributed by atoms with Gasteiger partial charge in [0.15, 0.2) is 0 Å². The van der Waals surface area contributed by atoms with Gasteiger partial charge in [0.1, 0.15) is 35.1 Å². The highest BCUT2D eigenvalue weighted by Crippen LogP contribution is 2.45. The van der Waals surface area contributed by atoms with Crippen molar-refractivity contribution < 1.29 is 51.7 Å². The van der Waals surface area contributed by atoms with Crippen LogP contribution in [0.5, 0.6) is 0 Å². The van der Waals surface area contributed by atoms with Gasteiger partial charge in [-0.3, -0.25) is 14.5 Å². The summed E-state index contributed by atoms with van der Waals surface area (Å²) in [5, 5.41) is 14.9. The van der Waals surface area contributed by atoms with Crippen molar-refractivity contribution in [2.24, 2.45) is 5.92 Å². The number of alkyl carbamates (subject to hydrolysis) is 1. The summed E-state index contributed by atoms with van der Waals surface area (Å²) in [5.41, 5.74) is -1.71. The number of aliphatic carboxylic acids is 1. The monoisotopic (exact) mass is 664 g/mol. The number of carbonyl (C=O) groups is 5. The predicted molar refractivity (Wildman–Crippen MR) is 158 cm³/mol. The second-order valence-corrected chi connectivity index (χ2v) is 13.6. The van der Waals surface area contributed by atoms with Crippen molar-refractivity contribution in [3.05, 3.63) is 47.3 Å². The molecule has 1 aliphatic carbocycles. The molecule has 0 unspecified atom stereocenters. The maximum Gasteiger partial charge on any atom is 0.410 e. The van der Waals surface area contributed by atoms with Crippen LogP contribution in [0.3, 0.4) is 0 Å². The van der Waals surface area contributed by atoms with Crippen LogP contribution in [-0.4, -0.2) is 86.7 Å². The van der Waals surface area contributed by atoms with Crippen molar-refractivity contribution in [2.45, 2.75) is 108 Å². The van der Waals surface area contributed by atoms with E-state index in [0.717, 1.165) is 4.90 Å². The molecular formula is C32H39F3N4O8. The second kappa shape index (κ2) is 12.7. The Morgan fingerprint density at radius 3 is 2.55 bits per heavy atom. The van der Waals surface area contributed by atoms with Gasteiger partial charge >= 0.3 is 18.2 Å². The summed E-state index contributed by atoms with van der Waals surface area (Å²) in [4.78, 5) is 68.1. The summed E-state index contributed by atoms with van der Waals surface area (Å²) in [5.74, 6) is -7.40. The van der Waals surface area contributed by atoms with Crippen LogP contribution in [-0.2, 0) is 36.9 Å². The first-order valence-corrected chi connectivity index (χ1v) is 15.6. The number of carboxylic acids is 1. The first-order chi connectivity index (χ1) is 22.0. The van der Waals surface area contributed by atoms with E-state index >= 15 is 0 Å². The molecule has 0 spiro atoms. The molecule has 1 aromatic carbocycles. The SMILES string of the molecule is CC(C)(C)OC(=O)N[C@H]1CCC(F)(F)CC/C=C\[C@@H]2C[C@@]2(C(=O)O)NC(=O)[C@@H]2C[C@@H](OC(=O)N3Cc4cccc(F)c4C3)CN2C1=O. The largest absolute Gasteiger partial charge is 0.479 e. The van der Waals surface area contributed by atoms with Gasteiger partial charge in [0.2, 0.25) is 17.7 Å². The van der Waals surface area contributed by atoms with E-state index in [4.69, 9.17) is 9.47 Å². The topological polar surface area (TPSA) is 155 Å². The molecule has 3 heterocycles. The third-order valence-electron chi connectivity index (χ3n) is 8.88. The van der Waals surface area contributed by atoms with Crippen molar-refractivity contribution in [1.82, 2.24) is 20.4 Å². The summed E-state index contributed by atoms with van der Waals surface area (Å²) in [6, 6.07) is 1.59. The molecule has 0 bridgehead atoms. The fourth-order valence-electron chi connectivity index (χ4n) is 6.31. The van der Waals surface area contributed by atoms with Gasteiger partial charge in [-0.15, -0.1) is 0 Å². The summed E-state index contributed by atoms with van der Waals surface area (Å²) in [6.45, 7) is 4.45. The van der Waals surface area contributed by atoms with E-state index in [1.165, 1.54) is 29.2 Å². The van der Waals surface area contributed by atoms with Crippen LogP contribution in [0, 0.1) is 11.7 Å². The highest BCUT2D eigenvalue weighted by Gasteiger charge is 2.61. The molecule has 1 saturated heterocycles. The number of benzene rings is 1. The van der Waals surface area contributed by atoms with E-state index in [2.05, 4.69) is 10.6 Å². The van der Waals surface area contributed by atoms with Gasteiger partial charge < -0.3 is 30.1 Å². The first-order valence-electron chi connectivity index (χ1n) is 15.6. The van der Waals surface area contributed by atoms with Gasteiger partial charge in [-0.2, -0.15) is 0 Å². The van der Waals surface area contributed by atoms with E-state index in [1.54, 1.807) is 26.8 Å². The Morgan fingerprint density at radius 2 is 1.87 bits per heavy atom. The lowest BCUT2D eigenvalue weighted by atomic mass is 10.0. The molecule has 5 rings (SSSR count). The van der Waals surface area contributed by atoms with Gasteiger partial charge in [0.25, 0.3) is 0 Å². The van der Waals surface area contributed by atoms with Crippen LogP contribution in [0.25, 0.3) is 0 Å². The standard InChI is InChI=1S/C32H39F3N4O8/c1-30(2,3)47-28(44)36-23-10-12-31(34,35)11-5-4-8-19-14-32(19,27(42)43)37-25(40)24-13-20(16-39(24)26(23)41)46-29(45)38-15-18-7-6-9-22(33)21(18)17-38/h4,6-9,19-20,23-24H,5,10-17H2,1-3H3,(H,36,44)(H,37,40)(H,42,43)/b8-4-/t19-,20-,23+,24+,32-/m1/s1. The molecule has 1 aromatic rings. The zero-order chi connectivity index (χ0) is 34.3. The number of nitrogens with one attached hydrogen (secondary N) is 2. The number of hydrogen-bond acceptors (Lipinski definition) is 7. The van der Waals surface area contributed by atoms with Gasteiger partial charge in [0, 0.05) is 37.3 Å². The number of allylic oxidation sites excluding steroid dienone is 1. The number of amides is 4. The van der Waals surface area contributed by atoms with Crippen molar-refractivity contribution >= 4 is 30.0 Å². The van der Waals surface area contributed by atoms with E-state index in [-0.39, 0.29) is 38.9 Å². The molecular weight excluding hydrogens is 625 g/mol. The minimum absolute atomic E-state index is 0.0228. The normalized spacial score (nSPS) is 29.7. The first kappa shape index (κ1) is 34.0. The molecule has 2 fully saturated rings. The van der Waals surface area contributed by atoms with Crippen molar-refractivity contribution in [1.29, 1.82) is 0 Å². The zero-order valence-corrected chi connectivity index (χ0v) is 26.4. The van der Waals surface area contributed by atoms with Crippen LogP contribution >= 0.6 is 0 Å². The third-order valence-corrected chi connectivity index (χ3v) is 8.88. The zero-order valence-electron chi connectivity index (χ0n) is 26.4. The quantitative estimate of drug-likeness (QED) is 0.412. The maximum atomic E-state index is 14.9. The maximum absolute atomic E-state index is 14.9. The molecule has 3 N–H and O–H groups in total.